The van der Waals surface area contributed by atoms with Gasteiger partial charge in [-0.2, -0.15) is 0 Å². The van der Waals surface area contributed by atoms with E-state index in [1.165, 1.54) is 11.1 Å². The number of piperidine rings is 1. The number of rotatable bonds is 2. The highest BCUT2D eigenvalue weighted by atomic mass is 35.5. The number of ether oxygens (including phenoxy) is 1. The number of carbonyl (C=O) groups excluding carboxylic acids is 1. The number of hydrogen-bond donors (Lipinski definition) is 0. The molecule has 0 radical (unpaired) electrons. The van der Waals surface area contributed by atoms with Crippen LogP contribution in [-0.2, 0) is 9.53 Å². The number of hydrogen-bond acceptors (Lipinski definition) is 2. The summed E-state index contributed by atoms with van der Waals surface area (Å²) < 4.78 is 4.96. The van der Waals surface area contributed by atoms with Gasteiger partial charge in [0.1, 0.15) is 6.61 Å². The molecule has 1 aliphatic heterocycles. The van der Waals surface area contributed by atoms with Crippen molar-refractivity contribution in [2.45, 2.75) is 24.8 Å². The number of benzene rings is 1. The third-order valence-electron chi connectivity index (χ3n) is 4.04. The molecule has 0 aromatic heterocycles. The first-order chi connectivity index (χ1) is 8.70. The first-order valence-electron chi connectivity index (χ1n) is 6.28. The molecule has 0 saturated carbocycles. The topological polar surface area (TPSA) is 29.5 Å². The van der Waals surface area contributed by atoms with Crippen LogP contribution in [0.25, 0.3) is 0 Å². The fourth-order valence-electron chi connectivity index (χ4n) is 3.25. The second-order valence-electron chi connectivity index (χ2n) is 5.03. The van der Waals surface area contributed by atoms with Crippen molar-refractivity contribution in [3.8, 4) is 0 Å². The molecule has 2 unspecified atom stereocenters. The molecular formula is C14H16ClNO2. The average Bonchev–Trinajstić information content (AvgIpc) is 2.63. The second kappa shape index (κ2) is 4.56. The minimum absolute atomic E-state index is 0.0776. The molecule has 2 aliphatic rings. The van der Waals surface area contributed by atoms with Gasteiger partial charge < -0.3 is 9.64 Å². The molecule has 0 N–H and O–H groups in total. The minimum Gasteiger partial charge on any atom is -0.375 e. The van der Waals surface area contributed by atoms with Crippen LogP contribution >= 0.6 is 11.6 Å². The summed E-state index contributed by atoms with van der Waals surface area (Å²) in [6.45, 7) is 0.987. The van der Waals surface area contributed by atoms with Gasteiger partial charge in [-0.15, -0.1) is 0 Å². The van der Waals surface area contributed by atoms with Gasteiger partial charge >= 0.3 is 0 Å². The van der Waals surface area contributed by atoms with Crippen LogP contribution in [-0.4, -0.2) is 31.1 Å². The van der Waals surface area contributed by atoms with Crippen molar-refractivity contribution in [2.24, 2.45) is 0 Å². The molecule has 1 fully saturated rings. The maximum absolute atomic E-state index is 12.0. The number of nitrogens with zero attached hydrogens (tertiary/aromatic N) is 1. The van der Waals surface area contributed by atoms with Crippen LogP contribution < -0.4 is 0 Å². The van der Waals surface area contributed by atoms with Gasteiger partial charge in [0, 0.05) is 18.7 Å². The lowest BCUT2D eigenvalue weighted by Crippen LogP contribution is -2.39. The third kappa shape index (κ3) is 1.82. The Bertz CT molecular complexity index is 489. The monoisotopic (exact) mass is 265 g/mol. The van der Waals surface area contributed by atoms with Crippen LogP contribution in [0.15, 0.2) is 18.2 Å². The van der Waals surface area contributed by atoms with E-state index in [0.29, 0.717) is 5.92 Å². The standard InChI is InChI=1S/C14H16ClNO2/c1-18-8-14(17)16-5-4-9-6-13(16)12-7-10(15)2-3-11(9)12/h2-3,7,9,13H,4-6,8H2,1H3. The molecule has 1 saturated heterocycles. The van der Waals surface area contributed by atoms with E-state index in [-0.39, 0.29) is 18.6 Å². The summed E-state index contributed by atoms with van der Waals surface area (Å²) in [5.74, 6) is 0.669. The predicted octanol–water partition coefficient (Wildman–Crippen LogP) is 2.75. The zero-order valence-corrected chi connectivity index (χ0v) is 11.1. The van der Waals surface area contributed by atoms with Gasteiger partial charge in [0.25, 0.3) is 0 Å². The number of carbonyl (C=O) groups is 1. The predicted molar refractivity (Wildman–Crippen MR) is 69.8 cm³/mol. The molecule has 1 aromatic rings. The van der Waals surface area contributed by atoms with Gasteiger partial charge in [0.05, 0.1) is 6.04 Å². The summed E-state index contributed by atoms with van der Waals surface area (Å²) in [4.78, 5) is 14.0. The van der Waals surface area contributed by atoms with Gasteiger partial charge in [-0.05, 0) is 42.0 Å². The van der Waals surface area contributed by atoms with Crippen molar-refractivity contribution in [3.63, 3.8) is 0 Å². The summed E-state index contributed by atoms with van der Waals surface area (Å²) in [6.07, 6.45) is 2.08. The molecule has 4 heteroatoms. The molecular weight excluding hydrogens is 250 g/mol. The Hall–Kier alpha value is -1.06. The maximum atomic E-state index is 12.0. The smallest absolute Gasteiger partial charge is 0.249 e. The molecule has 18 heavy (non-hydrogen) atoms. The maximum Gasteiger partial charge on any atom is 0.249 e. The van der Waals surface area contributed by atoms with Gasteiger partial charge in [0.15, 0.2) is 0 Å². The lowest BCUT2D eigenvalue weighted by atomic mass is 9.95. The largest absolute Gasteiger partial charge is 0.375 e. The first kappa shape index (κ1) is 12.0. The number of halogens is 1. The Morgan fingerprint density at radius 2 is 2.33 bits per heavy atom. The van der Waals surface area contributed by atoms with Crippen LogP contribution in [0.3, 0.4) is 0 Å². The average molecular weight is 266 g/mol. The van der Waals surface area contributed by atoms with E-state index in [4.69, 9.17) is 16.3 Å². The lowest BCUT2D eigenvalue weighted by molar-refractivity contribution is -0.138. The molecule has 1 aliphatic carbocycles. The lowest BCUT2D eigenvalue weighted by Gasteiger charge is -2.33. The Morgan fingerprint density at radius 1 is 1.50 bits per heavy atom. The Kier molecular flexibility index (Phi) is 3.04. The van der Waals surface area contributed by atoms with Crippen molar-refractivity contribution in [3.05, 3.63) is 34.3 Å². The Balaban J connectivity index is 1.94. The highest BCUT2D eigenvalue weighted by Crippen LogP contribution is 2.49. The summed E-state index contributed by atoms with van der Waals surface area (Å²) in [7, 11) is 1.56. The van der Waals surface area contributed by atoms with E-state index in [1.54, 1.807) is 7.11 Å². The zero-order chi connectivity index (χ0) is 12.7. The fourth-order valence-corrected chi connectivity index (χ4v) is 3.43. The summed E-state index contributed by atoms with van der Waals surface area (Å²) in [5.41, 5.74) is 2.60. The van der Waals surface area contributed by atoms with Crippen LogP contribution in [0.5, 0.6) is 0 Å². The van der Waals surface area contributed by atoms with E-state index in [0.717, 1.165) is 24.4 Å². The van der Waals surface area contributed by atoms with Crippen molar-refractivity contribution in [1.29, 1.82) is 0 Å². The number of amides is 1. The van der Waals surface area contributed by atoms with Crippen LogP contribution in [0.4, 0.5) is 0 Å². The zero-order valence-electron chi connectivity index (χ0n) is 10.4. The Labute approximate surface area is 112 Å². The molecule has 3 rings (SSSR count). The minimum atomic E-state index is 0.0776. The van der Waals surface area contributed by atoms with Crippen LogP contribution in [0, 0.1) is 0 Å². The summed E-state index contributed by atoms with van der Waals surface area (Å²) in [6, 6.07) is 6.27. The number of fused-ring (bicyclic) bond motifs is 5. The van der Waals surface area contributed by atoms with Gasteiger partial charge in [-0.25, -0.2) is 0 Å². The highest BCUT2D eigenvalue weighted by molar-refractivity contribution is 6.30. The number of methoxy groups -OCH3 is 1. The number of likely N-dealkylation sites (tertiary alicyclic amines) is 1. The molecule has 1 amide bonds. The van der Waals surface area contributed by atoms with Crippen LogP contribution in [0.2, 0.25) is 5.02 Å². The van der Waals surface area contributed by atoms with Gasteiger partial charge in [0.2, 0.25) is 5.91 Å². The van der Waals surface area contributed by atoms with E-state index in [9.17, 15) is 4.79 Å². The Morgan fingerprint density at radius 3 is 3.11 bits per heavy atom. The van der Waals surface area contributed by atoms with Crippen molar-refractivity contribution >= 4 is 17.5 Å². The molecule has 1 heterocycles. The van der Waals surface area contributed by atoms with E-state index in [2.05, 4.69) is 6.07 Å². The van der Waals surface area contributed by atoms with Gasteiger partial charge in [-0.3, -0.25) is 4.79 Å². The van der Waals surface area contributed by atoms with E-state index >= 15 is 0 Å². The fraction of sp³-hybridized carbons (Fsp3) is 0.500. The molecule has 96 valence electrons. The van der Waals surface area contributed by atoms with Gasteiger partial charge in [-0.1, -0.05) is 17.7 Å². The third-order valence-corrected chi connectivity index (χ3v) is 4.27. The molecule has 1 aromatic carbocycles. The summed E-state index contributed by atoms with van der Waals surface area (Å²) in [5, 5.41) is 0.750. The second-order valence-corrected chi connectivity index (χ2v) is 5.47. The van der Waals surface area contributed by atoms with Crippen molar-refractivity contribution in [2.75, 3.05) is 20.3 Å². The highest BCUT2D eigenvalue weighted by Gasteiger charge is 2.40. The van der Waals surface area contributed by atoms with Crippen LogP contribution in [0.1, 0.15) is 35.9 Å². The summed E-state index contributed by atoms with van der Waals surface area (Å²) >= 11 is 6.07. The van der Waals surface area contributed by atoms with E-state index < -0.39 is 0 Å². The van der Waals surface area contributed by atoms with Crippen molar-refractivity contribution in [1.82, 2.24) is 4.90 Å². The van der Waals surface area contributed by atoms with Crippen molar-refractivity contribution < 1.29 is 9.53 Å². The molecule has 2 bridgehead atoms. The quantitative estimate of drug-likeness (QED) is 0.823. The molecule has 2 atom stereocenters. The first-order valence-corrected chi connectivity index (χ1v) is 6.66. The SMILES string of the molecule is COCC(=O)N1CCC2CC1c1cc(Cl)ccc12. The normalized spacial score (nSPS) is 25.1. The van der Waals surface area contributed by atoms with E-state index in [1.807, 2.05) is 17.0 Å². The molecule has 0 spiro atoms. The molecule has 3 nitrogen and oxygen atoms in total.